The van der Waals surface area contributed by atoms with Gasteiger partial charge >= 0.3 is 0 Å². The third kappa shape index (κ3) is 10.3. The number of aryl methyl sites for hydroxylation is 1. The molecule has 15 heteroatoms. The van der Waals surface area contributed by atoms with Gasteiger partial charge in [-0.25, -0.2) is 0 Å². The first-order chi connectivity index (χ1) is 28.4. The van der Waals surface area contributed by atoms with Crippen molar-refractivity contribution in [3.05, 3.63) is 64.5 Å². The number of ether oxygens (including phenoxy) is 5. The molecule has 2 atom stereocenters. The van der Waals surface area contributed by atoms with Crippen LogP contribution in [0.5, 0.6) is 17.2 Å². The average molecular weight is 861 g/mol. The zero-order chi connectivity index (χ0) is 43.5. The van der Waals surface area contributed by atoms with Crippen LogP contribution in [0.1, 0.15) is 72.2 Å². The highest BCUT2D eigenvalue weighted by atomic mass is 28.3. The molecule has 4 aliphatic heterocycles. The first-order valence-electron chi connectivity index (χ1n) is 21.3. The molecule has 0 radical (unpaired) electrons. The number of carbonyl (C=O) groups is 4. The summed E-state index contributed by atoms with van der Waals surface area (Å²) in [6, 6.07) is 7.74. The molecule has 0 saturated carbocycles. The summed E-state index contributed by atoms with van der Waals surface area (Å²) in [5.41, 5.74) is 4.55. The molecule has 0 fully saturated rings. The number of anilines is 2. The van der Waals surface area contributed by atoms with Gasteiger partial charge < -0.3 is 33.5 Å². The Bertz CT molecular complexity index is 2040. The van der Waals surface area contributed by atoms with Gasteiger partial charge in [0, 0.05) is 53.9 Å². The fourth-order valence-electron chi connectivity index (χ4n) is 7.78. The van der Waals surface area contributed by atoms with E-state index in [1.807, 2.05) is 32.9 Å². The maximum absolute atomic E-state index is 14.0. The number of methoxy groups -OCH3 is 1. The van der Waals surface area contributed by atoms with Gasteiger partial charge in [-0.3, -0.25) is 29.0 Å². The Labute approximate surface area is 357 Å². The molecule has 4 heterocycles. The van der Waals surface area contributed by atoms with Gasteiger partial charge in [0.2, 0.25) is 0 Å². The number of nitrogens with zero attached hydrogens (tertiary/aromatic N) is 4. The normalized spacial score (nSPS) is 19.1. The summed E-state index contributed by atoms with van der Waals surface area (Å²) < 4.78 is 30.4. The summed E-state index contributed by atoms with van der Waals surface area (Å²) in [6.45, 7) is 21.5. The van der Waals surface area contributed by atoms with Gasteiger partial charge in [-0.05, 0) is 82.7 Å². The van der Waals surface area contributed by atoms with E-state index >= 15 is 0 Å². The van der Waals surface area contributed by atoms with Gasteiger partial charge in [0.1, 0.15) is 31.3 Å². The lowest BCUT2D eigenvalue weighted by atomic mass is 10.1. The number of amides is 4. The minimum absolute atomic E-state index is 0.0373. The topological polar surface area (TPSA) is 127 Å². The summed E-state index contributed by atoms with van der Waals surface area (Å²) in [5, 5.41) is 0. The van der Waals surface area contributed by atoms with Gasteiger partial charge in [0.25, 0.3) is 23.6 Å². The van der Waals surface area contributed by atoms with Crippen LogP contribution in [-0.4, -0.2) is 109 Å². The van der Waals surface area contributed by atoms with Crippen LogP contribution in [0, 0.1) is 6.92 Å². The van der Waals surface area contributed by atoms with E-state index in [1.165, 1.54) is 12.0 Å². The number of benzene rings is 2. The van der Waals surface area contributed by atoms with Crippen LogP contribution in [0.3, 0.4) is 0 Å². The molecular weight excluding hydrogens is 797 g/mol. The minimum Gasteiger partial charge on any atom is -0.493 e. The van der Waals surface area contributed by atoms with Crippen molar-refractivity contribution in [3.8, 4) is 17.2 Å². The molecule has 2 aromatic rings. The Morgan fingerprint density at radius 3 is 1.50 bits per heavy atom. The molecule has 326 valence electrons. The Morgan fingerprint density at radius 2 is 1.03 bits per heavy atom. The van der Waals surface area contributed by atoms with Crippen LogP contribution in [-0.2, 0) is 19.1 Å². The molecule has 4 amide bonds. The summed E-state index contributed by atoms with van der Waals surface area (Å²) in [7, 11) is -1.16. The number of hydrogen-bond donors (Lipinski definition) is 0. The summed E-state index contributed by atoms with van der Waals surface area (Å²) in [4.78, 5) is 61.9. The molecule has 0 aliphatic carbocycles. The van der Waals surface area contributed by atoms with Crippen molar-refractivity contribution < 1.29 is 42.9 Å². The molecular formula is C45H64N4O9Si2. The largest absolute Gasteiger partial charge is 0.493 e. The standard InChI is InChI=1S/C45H64N4O9Si2/c1-30-20-37-44(52)48(28-55-16-18-59(5,6)7)35-24-39(32(3)22-33(35)42(50)46(37)26-30)57-14-12-11-13-15-58-41-25-36-34(23-40(41)54-4)43(51)47-27-31(2)21-38(47)45(53)49(36)29-56-17-19-60(8,9)10/h22-27,37-38H,11-21,28-29H2,1-10H3/t37-,38-/m0/s1. The van der Waals surface area contributed by atoms with E-state index in [2.05, 4.69) is 39.3 Å². The predicted molar refractivity (Wildman–Crippen MR) is 239 cm³/mol. The van der Waals surface area contributed by atoms with E-state index in [9.17, 15) is 19.2 Å². The first-order valence-corrected chi connectivity index (χ1v) is 28.7. The van der Waals surface area contributed by atoms with E-state index in [0.717, 1.165) is 41.6 Å². The van der Waals surface area contributed by atoms with Gasteiger partial charge in [-0.2, -0.15) is 0 Å². The smallest absolute Gasteiger partial charge is 0.260 e. The van der Waals surface area contributed by atoms with Crippen molar-refractivity contribution in [1.82, 2.24) is 9.80 Å². The summed E-state index contributed by atoms with van der Waals surface area (Å²) >= 11 is 0. The van der Waals surface area contributed by atoms with Crippen molar-refractivity contribution in [2.45, 2.75) is 116 Å². The van der Waals surface area contributed by atoms with Crippen LogP contribution < -0.4 is 24.0 Å². The van der Waals surface area contributed by atoms with Crippen molar-refractivity contribution >= 4 is 51.2 Å². The van der Waals surface area contributed by atoms with Crippen molar-refractivity contribution in [3.63, 3.8) is 0 Å². The molecule has 6 rings (SSSR count). The highest BCUT2D eigenvalue weighted by molar-refractivity contribution is 6.76. The molecule has 0 bridgehead atoms. The second-order valence-corrected chi connectivity index (χ2v) is 30.2. The lowest BCUT2D eigenvalue weighted by Crippen LogP contribution is -2.45. The van der Waals surface area contributed by atoms with E-state index in [0.29, 0.717) is 85.4 Å². The molecule has 0 saturated heterocycles. The zero-order valence-corrected chi connectivity index (χ0v) is 39.3. The Morgan fingerprint density at radius 1 is 0.583 bits per heavy atom. The van der Waals surface area contributed by atoms with Crippen molar-refractivity contribution in [2.75, 3.05) is 56.8 Å². The third-order valence-corrected chi connectivity index (χ3v) is 14.8. The molecule has 2 aromatic carbocycles. The Balaban J connectivity index is 1.09. The van der Waals surface area contributed by atoms with Crippen molar-refractivity contribution in [1.29, 1.82) is 0 Å². The molecule has 0 unspecified atom stereocenters. The predicted octanol–water partition coefficient (Wildman–Crippen LogP) is 8.19. The maximum Gasteiger partial charge on any atom is 0.260 e. The highest BCUT2D eigenvalue weighted by Crippen LogP contribution is 2.41. The second kappa shape index (κ2) is 18.7. The molecule has 4 aliphatic rings. The van der Waals surface area contributed by atoms with E-state index in [-0.39, 0.29) is 37.1 Å². The number of rotatable bonds is 19. The van der Waals surface area contributed by atoms with E-state index < -0.39 is 28.2 Å². The van der Waals surface area contributed by atoms with Gasteiger partial charge in [-0.15, -0.1) is 0 Å². The molecule has 0 N–H and O–H groups in total. The van der Waals surface area contributed by atoms with Crippen LogP contribution >= 0.6 is 0 Å². The summed E-state index contributed by atoms with van der Waals surface area (Å²) in [6.07, 6.45) is 6.77. The number of carbonyl (C=O) groups excluding carboxylic acids is 4. The number of unbranched alkanes of at least 4 members (excludes halogenated alkanes) is 2. The lowest BCUT2D eigenvalue weighted by molar-refractivity contribution is -0.123. The van der Waals surface area contributed by atoms with Crippen LogP contribution in [0.2, 0.25) is 51.4 Å². The van der Waals surface area contributed by atoms with Gasteiger partial charge in [-0.1, -0.05) is 50.4 Å². The second-order valence-electron chi connectivity index (χ2n) is 19.0. The quantitative estimate of drug-likeness (QED) is 0.102. The van der Waals surface area contributed by atoms with Gasteiger partial charge in [0.15, 0.2) is 11.5 Å². The average Bonchev–Trinajstić information content (AvgIpc) is 3.75. The maximum atomic E-state index is 14.0. The highest BCUT2D eigenvalue weighted by Gasteiger charge is 2.44. The van der Waals surface area contributed by atoms with Crippen LogP contribution in [0.15, 0.2) is 47.8 Å². The van der Waals surface area contributed by atoms with Gasteiger partial charge in [0.05, 0.1) is 42.8 Å². The Hall–Kier alpha value is -4.45. The monoisotopic (exact) mass is 860 g/mol. The Kier molecular flexibility index (Phi) is 14.0. The van der Waals surface area contributed by atoms with E-state index in [4.69, 9.17) is 23.7 Å². The van der Waals surface area contributed by atoms with Crippen molar-refractivity contribution in [2.24, 2.45) is 0 Å². The summed E-state index contributed by atoms with van der Waals surface area (Å²) in [5.74, 6) is 0.665. The SMILES string of the molecule is COc1cc2c(cc1OCCCCCOc1cc3c(cc1C)C(=O)N1C=C(C)C[C@H]1C(=O)N3COCC[Si](C)(C)C)N(COCC[Si](C)(C)C)C(=O)[C@@H]1CC(C)=CN1C2=O. The number of hydrogen-bond acceptors (Lipinski definition) is 9. The first kappa shape index (κ1) is 45.1. The van der Waals surface area contributed by atoms with Crippen LogP contribution in [0.4, 0.5) is 11.4 Å². The number of fused-ring (bicyclic) bond motifs is 4. The molecule has 60 heavy (non-hydrogen) atoms. The molecule has 13 nitrogen and oxygen atoms in total. The van der Waals surface area contributed by atoms with Crippen LogP contribution in [0.25, 0.3) is 0 Å². The fourth-order valence-corrected chi connectivity index (χ4v) is 9.29. The minimum atomic E-state index is -1.36. The third-order valence-electron chi connectivity index (χ3n) is 11.3. The fraction of sp³-hybridized carbons (Fsp3) is 0.556. The zero-order valence-electron chi connectivity index (χ0n) is 37.3. The molecule has 0 spiro atoms. The lowest BCUT2D eigenvalue weighted by Gasteiger charge is -2.26. The van der Waals surface area contributed by atoms with E-state index in [1.54, 1.807) is 39.2 Å². The molecule has 0 aromatic heterocycles.